The molecular weight excluding hydrogens is 338 g/mol. The Kier molecular flexibility index (Phi) is 6.74. The van der Waals surface area contributed by atoms with E-state index in [1.54, 1.807) is 7.11 Å². The third kappa shape index (κ3) is 5.25. The topological polar surface area (TPSA) is 38.8 Å². The van der Waals surface area contributed by atoms with E-state index in [-0.39, 0.29) is 5.91 Å². The molecular formula is C23H29NO3. The van der Waals surface area contributed by atoms with Crippen molar-refractivity contribution >= 4 is 5.91 Å². The Bertz CT molecular complexity index is 716. The van der Waals surface area contributed by atoms with Crippen molar-refractivity contribution in [3.8, 4) is 11.5 Å². The van der Waals surface area contributed by atoms with Gasteiger partial charge in [-0.1, -0.05) is 12.1 Å². The largest absolute Gasteiger partial charge is 0.497 e. The van der Waals surface area contributed by atoms with Gasteiger partial charge in [0.2, 0.25) is 0 Å². The number of carbonyl (C=O) groups excluding carboxylic acids is 1. The van der Waals surface area contributed by atoms with Crippen molar-refractivity contribution in [2.75, 3.05) is 26.8 Å². The number of carbonyl (C=O) groups is 1. The molecule has 1 fully saturated rings. The molecule has 0 radical (unpaired) electrons. The summed E-state index contributed by atoms with van der Waals surface area (Å²) in [7, 11) is 1.69. The van der Waals surface area contributed by atoms with Crippen molar-refractivity contribution in [3.63, 3.8) is 0 Å². The first kappa shape index (κ1) is 19.3. The highest BCUT2D eigenvalue weighted by Crippen LogP contribution is 2.24. The van der Waals surface area contributed by atoms with Crippen LogP contribution in [-0.4, -0.2) is 37.6 Å². The van der Waals surface area contributed by atoms with Crippen LogP contribution in [0, 0.1) is 5.92 Å². The van der Waals surface area contributed by atoms with Gasteiger partial charge in [0.1, 0.15) is 11.5 Å². The number of hydrogen-bond donors (Lipinski definition) is 0. The van der Waals surface area contributed by atoms with Crippen LogP contribution in [0.25, 0.3) is 0 Å². The lowest BCUT2D eigenvalue weighted by molar-refractivity contribution is 0.0687. The van der Waals surface area contributed by atoms with Gasteiger partial charge >= 0.3 is 0 Å². The van der Waals surface area contributed by atoms with Gasteiger partial charge in [0, 0.05) is 18.7 Å². The Morgan fingerprint density at radius 2 is 1.63 bits per heavy atom. The number of ether oxygens (including phenoxy) is 2. The number of hydrogen-bond acceptors (Lipinski definition) is 3. The molecule has 0 aromatic heterocycles. The molecule has 0 spiro atoms. The SMILES string of the molecule is CCOc1ccc(C(=O)N2CCC(CCc3ccc(OC)cc3)CC2)cc1. The van der Waals surface area contributed by atoms with E-state index in [4.69, 9.17) is 9.47 Å². The molecule has 3 rings (SSSR count). The summed E-state index contributed by atoms with van der Waals surface area (Å²) in [5.41, 5.74) is 2.10. The van der Waals surface area contributed by atoms with Crippen LogP contribution < -0.4 is 9.47 Å². The molecule has 0 aliphatic carbocycles. The fraction of sp³-hybridized carbons (Fsp3) is 0.435. The molecule has 0 bridgehead atoms. The number of rotatable bonds is 7. The lowest BCUT2D eigenvalue weighted by atomic mass is 9.90. The van der Waals surface area contributed by atoms with Gasteiger partial charge in [0.25, 0.3) is 5.91 Å². The second-order valence-electron chi connectivity index (χ2n) is 7.08. The first-order valence-corrected chi connectivity index (χ1v) is 9.84. The summed E-state index contributed by atoms with van der Waals surface area (Å²) in [6.45, 7) is 4.29. The highest BCUT2D eigenvalue weighted by Gasteiger charge is 2.23. The van der Waals surface area contributed by atoms with Crippen LogP contribution in [0.3, 0.4) is 0 Å². The summed E-state index contributed by atoms with van der Waals surface area (Å²) in [5, 5.41) is 0. The molecule has 1 heterocycles. The minimum Gasteiger partial charge on any atom is -0.497 e. The average molecular weight is 367 g/mol. The average Bonchev–Trinajstić information content (AvgIpc) is 2.73. The summed E-state index contributed by atoms with van der Waals surface area (Å²) in [4.78, 5) is 14.7. The van der Waals surface area contributed by atoms with Gasteiger partial charge in [-0.05, 0) is 80.5 Å². The van der Waals surface area contributed by atoms with E-state index in [1.165, 1.54) is 12.0 Å². The van der Waals surface area contributed by atoms with Crippen LogP contribution in [-0.2, 0) is 6.42 Å². The zero-order chi connectivity index (χ0) is 19.1. The Hall–Kier alpha value is -2.49. The maximum Gasteiger partial charge on any atom is 0.253 e. The van der Waals surface area contributed by atoms with Gasteiger partial charge in [-0.25, -0.2) is 0 Å². The van der Waals surface area contributed by atoms with E-state index in [0.717, 1.165) is 49.4 Å². The second-order valence-corrected chi connectivity index (χ2v) is 7.08. The van der Waals surface area contributed by atoms with Crippen molar-refractivity contribution in [2.24, 2.45) is 5.92 Å². The van der Waals surface area contributed by atoms with Crippen LogP contribution in [0.15, 0.2) is 48.5 Å². The number of aryl methyl sites for hydroxylation is 1. The second kappa shape index (κ2) is 9.45. The fourth-order valence-electron chi connectivity index (χ4n) is 3.63. The first-order chi connectivity index (χ1) is 13.2. The van der Waals surface area contributed by atoms with E-state index in [9.17, 15) is 4.79 Å². The van der Waals surface area contributed by atoms with Crippen LogP contribution in [0.5, 0.6) is 11.5 Å². The minimum atomic E-state index is 0.131. The maximum atomic E-state index is 12.7. The quantitative estimate of drug-likeness (QED) is 0.719. The number of benzene rings is 2. The van der Waals surface area contributed by atoms with Gasteiger partial charge in [0.05, 0.1) is 13.7 Å². The van der Waals surface area contributed by atoms with Gasteiger partial charge in [0.15, 0.2) is 0 Å². The fourth-order valence-corrected chi connectivity index (χ4v) is 3.63. The number of nitrogens with zero attached hydrogens (tertiary/aromatic N) is 1. The van der Waals surface area contributed by atoms with E-state index in [2.05, 4.69) is 12.1 Å². The molecule has 4 nitrogen and oxygen atoms in total. The number of amides is 1. The molecule has 4 heteroatoms. The van der Waals surface area contributed by atoms with E-state index < -0.39 is 0 Å². The van der Waals surface area contributed by atoms with Crippen molar-refractivity contribution in [3.05, 3.63) is 59.7 Å². The Morgan fingerprint density at radius 3 is 2.22 bits per heavy atom. The molecule has 0 saturated carbocycles. The predicted molar refractivity (Wildman–Crippen MR) is 108 cm³/mol. The summed E-state index contributed by atoms with van der Waals surface area (Å²) in [5.74, 6) is 2.54. The standard InChI is InChI=1S/C23H29NO3/c1-3-27-22-12-8-20(9-13-22)23(25)24-16-14-19(15-17-24)5-4-18-6-10-21(26-2)11-7-18/h6-13,19H,3-5,14-17H2,1-2H3. The lowest BCUT2D eigenvalue weighted by Gasteiger charge is -2.32. The number of methoxy groups -OCH3 is 1. The number of piperidine rings is 1. The van der Waals surface area contributed by atoms with Crippen molar-refractivity contribution in [1.29, 1.82) is 0 Å². The van der Waals surface area contributed by atoms with Crippen LogP contribution in [0.1, 0.15) is 42.1 Å². The molecule has 1 saturated heterocycles. The van der Waals surface area contributed by atoms with E-state index in [1.807, 2.05) is 48.2 Å². The Labute approximate surface area is 162 Å². The molecule has 1 aliphatic rings. The summed E-state index contributed by atoms with van der Waals surface area (Å²) in [6, 6.07) is 15.8. The summed E-state index contributed by atoms with van der Waals surface area (Å²) >= 11 is 0. The Morgan fingerprint density at radius 1 is 1.00 bits per heavy atom. The van der Waals surface area contributed by atoms with Gasteiger partial charge in [-0.15, -0.1) is 0 Å². The normalized spacial score (nSPS) is 14.8. The van der Waals surface area contributed by atoms with Crippen molar-refractivity contribution in [2.45, 2.75) is 32.6 Å². The van der Waals surface area contributed by atoms with Gasteiger partial charge < -0.3 is 14.4 Å². The molecule has 1 aliphatic heterocycles. The van der Waals surface area contributed by atoms with E-state index >= 15 is 0 Å². The third-order valence-corrected chi connectivity index (χ3v) is 5.31. The van der Waals surface area contributed by atoms with Crippen LogP contribution >= 0.6 is 0 Å². The van der Waals surface area contributed by atoms with Crippen molar-refractivity contribution < 1.29 is 14.3 Å². The molecule has 2 aromatic carbocycles. The smallest absolute Gasteiger partial charge is 0.253 e. The predicted octanol–water partition coefficient (Wildman–Crippen LogP) is 4.58. The zero-order valence-corrected chi connectivity index (χ0v) is 16.3. The third-order valence-electron chi connectivity index (χ3n) is 5.31. The van der Waals surface area contributed by atoms with Crippen LogP contribution in [0.2, 0.25) is 0 Å². The monoisotopic (exact) mass is 367 g/mol. The van der Waals surface area contributed by atoms with Gasteiger partial charge in [-0.2, -0.15) is 0 Å². The summed E-state index contributed by atoms with van der Waals surface area (Å²) < 4.78 is 10.7. The maximum absolute atomic E-state index is 12.7. The van der Waals surface area contributed by atoms with E-state index in [0.29, 0.717) is 12.5 Å². The minimum absolute atomic E-state index is 0.131. The molecule has 0 unspecified atom stereocenters. The van der Waals surface area contributed by atoms with Crippen molar-refractivity contribution in [1.82, 2.24) is 4.90 Å². The molecule has 144 valence electrons. The molecule has 2 aromatic rings. The highest BCUT2D eigenvalue weighted by atomic mass is 16.5. The first-order valence-electron chi connectivity index (χ1n) is 9.84. The van der Waals surface area contributed by atoms with Crippen LogP contribution in [0.4, 0.5) is 0 Å². The van der Waals surface area contributed by atoms with Gasteiger partial charge in [-0.3, -0.25) is 4.79 Å². The summed E-state index contributed by atoms with van der Waals surface area (Å²) in [6.07, 6.45) is 4.43. The number of likely N-dealkylation sites (tertiary alicyclic amines) is 1. The highest BCUT2D eigenvalue weighted by molar-refractivity contribution is 5.94. The lowest BCUT2D eigenvalue weighted by Crippen LogP contribution is -2.38. The molecule has 27 heavy (non-hydrogen) atoms. The molecule has 1 amide bonds. The zero-order valence-electron chi connectivity index (χ0n) is 16.3. The Balaban J connectivity index is 1.45. The molecule has 0 atom stereocenters. The molecule has 0 N–H and O–H groups in total.